The van der Waals surface area contributed by atoms with Crippen molar-refractivity contribution in [3.8, 4) is 11.3 Å². The average Bonchev–Trinajstić information content (AvgIpc) is 3.36. The molecule has 3 nitrogen and oxygen atoms in total. The van der Waals surface area contributed by atoms with E-state index in [-0.39, 0.29) is 11.6 Å². The van der Waals surface area contributed by atoms with Crippen LogP contribution in [0.2, 0.25) is 0 Å². The fourth-order valence-electron chi connectivity index (χ4n) is 4.35. The third-order valence-corrected chi connectivity index (χ3v) is 5.80. The van der Waals surface area contributed by atoms with Gasteiger partial charge in [-0.1, -0.05) is 30.3 Å². The number of fused-ring (bicyclic) bond motifs is 5. The van der Waals surface area contributed by atoms with E-state index in [4.69, 9.17) is 4.98 Å². The van der Waals surface area contributed by atoms with Crippen molar-refractivity contribution < 1.29 is 8.78 Å². The van der Waals surface area contributed by atoms with Gasteiger partial charge in [0.05, 0.1) is 17.4 Å². The molecule has 0 N–H and O–H groups in total. The quantitative estimate of drug-likeness (QED) is 0.330. The van der Waals surface area contributed by atoms with E-state index in [0.717, 1.165) is 44.3 Å². The van der Waals surface area contributed by atoms with E-state index < -0.39 is 0 Å². The van der Waals surface area contributed by atoms with Crippen LogP contribution in [-0.4, -0.2) is 14.0 Å². The number of para-hydroxylation sites is 1. The molecule has 5 heteroatoms. The van der Waals surface area contributed by atoms with Gasteiger partial charge < -0.3 is 4.57 Å². The van der Waals surface area contributed by atoms with E-state index in [9.17, 15) is 8.78 Å². The fraction of sp³-hybridized carbons (Fsp3) is 0.0385. The molecule has 3 aromatic heterocycles. The SMILES string of the molecule is Fc1ccc(Cn2c3ccccc3c3ccn4c(-c5ccc(F)cc5)cnc4c32)cc1. The maximum Gasteiger partial charge on any atom is 0.161 e. The number of nitrogens with zero attached hydrogens (tertiary/aromatic N) is 3. The second-order valence-corrected chi connectivity index (χ2v) is 7.65. The van der Waals surface area contributed by atoms with E-state index >= 15 is 0 Å². The Morgan fingerprint density at radius 1 is 0.742 bits per heavy atom. The van der Waals surface area contributed by atoms with Crippen molar-refractivity contribution in [1.82, 2.24) is 14.0 Å². The third-order valence-electron chi connectivity index (χ3n) is 5.80. The van der Waals surface area contributed by atoms with Crippen LogP contribution in [-0.2, 0) is 6.54 Å². The number of hydrogen-bond acceptors (Lipinski definition) is 1. The van der Waals surface area contributed by atoms with Gasteiger partial charge in [0.25, 0.3) is 0 Å². The van der Waals surface area contributed by atoms with E-state index in [2.05, 4.69) is 22.8 Å². The van der Waals surface area contributed by atoms with Crippen molar-refractivity contribution in [2.24, 2.45) is 0 Å². The topological polar surface area (TPSA) is 22.2 Å². The predicted octanol–water partition coefficient (Wildman–Crippen LogP) is 6.44. The molecule has 0 saturated heterocycles. The summed E-state index contributed by atoms with van der Waals surface area (Å²) < 4.78 is 31.1. The summed E-state index contributed by atoms with van der Waals surface area (Å²) in [5.74, 6) is -0.509. The van der Waals surface area contributed by atoms with Gasteiger partial charge in [0.1, 0.15) is 11.6 Å². The minimum absolute atomic E-state index is 0.245. The summed E-state index contributed by atoms with van der Waals surface area (Å²) in [6.45, 7) is 0.600. The molecule has 0 spiro atoms. The van der Waals surface area contributed by atoms with Crippen molar-refractivity contribution in [2.75, 3.05) is 0 Å². The smallest absolute Gasteiger partial charge is 0.161 e. The molecule has 3 heterocycles. The van der Waals surface area contributed by atoms with Crippen molar-refractivity contribution in [1.29, 1.82) is 0 Å². The molecule has 0 unspecified atom stereocenters. The van der Waals surface area contributed by atoms with Crippen LogP contribution in [0, 0.1) is 11.6 Å². The first-order valence-corrected chi connectivity index (χ1v) is 10.1. The van der Waals surface area contributed by atoms with Crippen molar-refractivity contribution >= 4 is 27.5 Å². The number of halogens is 2. The highest BCUT2D eigenvalue weighted by Gasteiger charge is 2.17. The molecule has 0 radical (unpaired) electrons. The molecule has 0 atom stereocenters. The second-order valence-electron chi connectivity index (χ2n) is 7.65. The van der Waals surface area contributed by atoms with Crippen LogP contribution in [0.3, 0.4) is 0 Å². The number of imidazole rings is 1. The summed E-state index contributed by atoms with van der Waals surface area (Å²) >= 11 is 0. The molecule has 0 saturated carbocycles. The normalized spacial score (nSPS) is 11.7. The van der Waals surface area contributed by atoms with Crippen LogP contribution in [0.1, 0.15) is 5.56 Å². The molecule has 3 aromatic carbocycles. The summed E-state index contributed by atoms with van der Waals surface area (Å²) in [4.78, 5) is 4.75. The Morgan fingerprint density at radius 3 is 2.23 bits per heavy atom. The minimum atomic E-state index is -0.264. The van der Waals surface area contributed by atoms with Crippen molar-refractivity contribution in [3.63, 3.8) is 0 Å². The van der Waals surface area contributed by atoms with Crippen molar-refractivity contribution in [2.45, 2.75) is 6.54 Å². The molecule has 150 valence electrons. The number of pyridine rings is 1. The summed E-state index contributed by atoms with van der Waals surface area (Å²) in [6.07, 6.45) is 3.83. The number of rotatable bonds is 3. The molecule has 6 aromatic rings. The fourth-order valence-corrected chi connectivity index (χ4v) is 4.35. The first kappa shape index (κ1) is 17.8. The van der Waals surface area contributed by atoms with Crippen LogP contribution in [0.5, 0.6) is 0 Å². The number of benzene rings is 3. The Balaban J connectivity index is 1.63. The zero-order chi connectivity index (χ0) is 20.9. The lowest BCUT2D eigenvalue weighted by atomic mass is 10.1. The van der Waals surface area contributed by atoms with Crippen LogP contribution < -0.4 is 0 Å². The average molecular weight is 409 g/mol. The van der Waals surface area contributed by atoms with Gasteiger partial charge in [-0.3, -0.25) is 4.40 Å². The first-order chi connectivity index (χ1) is 15.2. The van der Waals surface area contributed by atoms with E-state index in [0.29, 0.717) is 6.54 Å². The Morgan fingerprint density at radius 2 is 1.45 bits per heavy atom. The molecule has 0 aliphatic rings. The standard InChI is InChI=1S/C26H17F2N3/c27-19-9-5-17(6-10-19)16-31-23-4-2-1-3-21(23)22-13-14-30-24(15-29-26(30)25(22)31)18-7-11-20(28)12-8-18/h1-15H,16H2. The zero-order valence-corrected chi connectivity index (χ0v) is 16.5. The summed E-state index contributed by atoms with van der Waals surface area (Å²) in [6, 6.07) is 23.4. The third kappa shape index (κ3) is 2.81. The maximum absolute atomic E-state index is 13.4. The van der Waals surface area contributed by atoms with E-state index in [1.54, 1.807) is 12.1 Å². The molecule has 31 heavy (non-hydrogen) atoms. The van der Waals surface area contributed by atoms with Gasteiger partial charge in [-0.05, 0) is 54.1 Å². The Hall–Kier alpha value is -3.99. The van der Waals surface area contributed by atoms with E-state index in [1.807, 2.05) is 41.1 Å². The predicted molar refractivity (Wildman–Crippen MR) is 119 cm³/mol. The maximum atomic E-state index is 13.4. The molecular formula is C26H17F2N3. The van der Waals surface area contributed by atoms with Crippen LogP contribution in [0.4, 0.5) is 8.78 Å². The number of aromatic nitrogens is 3. The van der Waals surface area contributed by atoms with Gasteiger partial charge in [0.2, 0.25) is 0 Å². The summed E-state index contributed by atoms with van der Waals surface area (Å²) in [7, 11) is 0. The molecule has 0 bridgehead atoms. The van der Waals surface area contributed by atoms with Crippen LogP contribution in [0.15, 0.2) is 91.3 Å². The summed E-state index contributed by atoms with van der Waals surface area (Å²) in [5.41, 5.74) is 5.75. The first-order valence-electron chi connectivity index (χ1n) is 10.1. The van der Waals surface area contributed by atoms with Gasteiger partial charge in [0.15, 0.2) is 5.65 Å². The van der Waals surface area contributed by atoms with Gasteiger partial charge in [-0.2, -0.15) is 0 Å². The Kier molecular flexibility index (Phi) is 3.90. The molecule has 0 aliphatic heterocycles. The van der Waals surface area contributed by atoms with Gasteiger partial charge in [0, 0.05) is 34.6 Å². The lowest BCUT2D eigenvalue weighted by Gasteiger charge is -2.09. The zero-order valence-electron chi connectivity index (χ0n) is 16.5. The van der Waals surface area contributed by atoms with Crippen LogP contribution in [0.25, 0.3) is 38.7 Å². The minimum Gasteiger partial charge on any atom is -0.333 e. The monoisotopic (exact) mass is 409 g/mol. The van der Waals surface area contributed by atoms with Gasteiger partial charge >= 0.3 is 0 Å². The van der Waals surface area contributed by atoms with Gasteiger partial charge in [-0.25, -0.2) is 13.8 Å². The second kappa shape index (κ2) is 6.77. The lowest BCUT2D eigenvalue weighted by Crippen LogP contribution is -2.01. The van der Waals surface area contributed by atoms with Crippen molar-refractivity contribution in [3.05, 3.63) is 108 Å². The largest absolute Gasteiger partial charge is 0.333 e. The van der Waals surface area contributed by atoms with Crippen LogP contribution >= 0.6 is 0 Å². The molecule has 0 fully saturated rings. The Labute approximate surface area is 176 Å². The summed E-state index contributed by atoms with van der Waals surface area (Å²) in [5, 5.41) is 2.26. The molecule has 0 aliphatic carbocycles. The highest BCUT2D eigenvalue weighted by molar-refractivity contribution is 6.12. The molecular weight excluding hydrogens is 392 g/mol. The highest BCUT2D eigenvalue weighted by Crippen LogP contribution is 2.33. The van der Waals surface area contributed by atoms with E-state index in [1.165, 1.54) is 24.3 Å². The van der Waals surface area contributed by atoms with Gasteiger partial charge in [-0.15, -0.1) is 0 Å². The Bertz CT molecular complexity index is 1560. The number of hydrogen-bond donors (Lipinski definition) is 0. The molecule has 6 rings (SSSR count). The highest BCUT2D eigenvalue weighted by atomic mass is 19.1. The molecule has 0 amide bonds. The lowest BCUT2D eigenvalue weighted by molar-refractivity contribution is 0.626.